The Kier molecular flexibility index (Phi) is 4.34. The maximum Gasteiger partial charge on any atom is 0.317 e. The van der Waals surface area contributed by atoms with Crippen LogP contribution in [-0.4, -0.2) is 23.4 Å². The number of hydrogen-bond donors (Lipinski definition) is 0. The van der Waals surface area contributed by atoms with Crippen molar-refractivity contribution in [1.82, 2.24) is 4.57 Å². The quantitative estimate of drug-likeness (QED) is 0.574. The molecule has 5 rings (SSSR count). The predicted octanol–water partition coefficient (Wildman–Crippen LogP) is 2.51. The van der Waals surface area contributed by atoms with Crippen molar-refractivity contribution in [2.75, 3.05) is 7.11 Å². The van der Waals surface area contributed by atoms with E-state index in [9.17, 15) is 9.59 Å². The molecule has 0 amide bonds. The Bertz CT molecular complexity index is 1360. The fourth-order valence-electron chi connectivity index (χ4n) is 4.16. The number of fused-ring (bicyclic) bond motifs is 6. The molecule has 0 N–H and O–H groups in total. The van der Waals surface area contributed by atoms with Gasteiger partial charge in [0.05, 0.1) is 17.7 Å². The van der Waals surface area contributed by atoms with E-state index in [0.29, 0.717) is 20.1 Å². The van der Waals surface area contributed by atoms with Crippen LogP contribution in [0.4, 0.5) is 0 Å². The molecular formula is C22H17ClN2O4S. The summed E-state index contributed by atoms with van der Waals surface area (Å²) < 4.78 is 13.3. The maximum atomic E-state index is 13.4. The Hall–Kier alpha value is -2.90. The number of esters is 1. The zero-order chi connectivity index (χ0) is 21.0. The van der Waals surface area contributed by atoms with Crippen LogP contribution in [0.5, 0.6) is 5.75 Å². The second-order valence-electron chi connectivity index (χ2n) is 7.34. The van der Waals surface area contributed by atoms with Gasteiger partial charge in [-0.25, -0.2) is 4.99 Å². The van der Waals surface area contributed by atoms with Gasteiger partial charge in [-0.3, -0.25) is 14.2 Å². The molecule has 0 fully saturated rings. The van der Waals surface area contributed by atoms with Crippen molar-refractivity contribution in [3.8, 4) is 5.75 Å². The number of rotatable bonds is 2. The summed E-state index contributed by atoms with van der Waals surface area (Å²) in [7, 11) is 1.33. The van der Waals surface area contributed by atoms with Crippen molar-refractivity contribution in [2.45, 2.75) is 18.7 Å². The summed E-state index contributed by atoms with van der Waals surface area (Å²) >= 11 is 7.53. The van der Waals surface area contributed by atoms with Gasteiger partial charge in [-0.2, -0.15) is 0 Å². The lowest BCUT2D eigenvalue weighted by Crippen LogP contribution is -2.58. The molecule has 2 aromatic carbocycles. The zero-order valence-corrected chi connectivity index (χ0v) is 17.7. The van der Waals surface area contributed by atoms with Crippen LogP contribution in [0.15, 0.2) is 58.3 Å². The number of thiazole rings is 1. The van der Waals surface area contributed by atoms with Gasteiger partial charge in [0.2, 0.25) is 5.72 Å². The molecule has 0 spiro atoms. The molecule has 152 valence electrons. The van der Waals surface area contributed by atoms with Crippen LogP contribution in [0.3, 0.4) is 0 Å². The molecule has 8 heteroatoms. The van der Waals surface area contributed by atoms with Crippen LogP contribution in [0.1, 0.15) is 24.1 Å². The first-order valence-corrected chi connectivity index (χ1v) is 10.6. The number of hydrogen-bond acceptors (Lipinski definition) is 6. The Morgan fingerprint density at radius 1 is 1.27 bits per heavy atom. The van der Waals surface area contributed by atoms with E-state index in [4.69, 9.17) is 26.1 Å². The molecule has 2 aliphatic heterocycles. The fourth-order valence-corrected chi connectivity index (χ4v) is 5.44. The fraction of sp³-hybridized carbons (Fsp3) is 0.227. The van der Waals surface area contributed by atoms with Crippen molar-refractivity contribution in [3.05, 3.63) is 84.4 Å². The molecule has 30 heavy (non-hydrogen) atoms. The zero-order valence-electron chi connectivity index (χ0n) is 16.2. The van der Waals surface area contributed by atoms with E-state index in [1.165, 1.54) is 18.4 Å². The lowest BCUT2D eigenvalue weighted by molar-refractivity contribution is -0.158. The normalized spacial score (nSPS) is 24.3. The predicted molar refractivity (Wildman–Crippen MR) is 113 cm³/mol. The van der Waals surface area contributed by atoms with Crippen LogP contribution >= 0.6 is 22.9 Å². The number of ether oxygens (including phenoxy) is 2. The minimum atomic E-state index is -1.18. The molecule has 0 saturated carbocycles. The van der Waals surface area contributed by atoms with Gasteiger partial charge < -0.3 is 9.47 Å². The summed E-state index contributed by atoms with van der Waals surface area (Å²) in [6.07, 6.45) is 1.75. The van der Waals surface area contributed by atoms with Crippen LogP contribution in [-0.2, 0) is 9.53 Å². The number of methoxy groups -OCH3 is 1. The number of carbonyl (C=O) groups is 1. The highest BCUT2D eigenvalue weighted by Crippen LogP contribution is 2.47. The van der Waals surface area contributed by atoms with E-state index in [1.54, 1.807) is 23.6 Å². The summed E-state index contributed by atoms with van der Waals surface area (Å²) in [5.41, 5.74) is 0.0956. The number of nitrogens with zero attached hydrogens (tertiary/aromatic N) is 2. The summed E-state index contributed by atoms with van der Waals surface area (Å²) in [6.45, 7) is 1.75. The van der Waals surface area contributed by atoms with E-state index in [2.05, 4.69) is 0 Å². The summed E-state index contributed by atoms with van der Waals surface area (Å²) in [5.74, 6) is -0.652. The first-order chi connectivity index (χ1) is 14.4. The highest BCUT2D eigenvalue weighted by Gasteiger charge is 2.55. The van der Waals surface area contributed by atoms with Crippen molar-refractivity contribution >= 4 is 35.0 Å². The molecular weight excluding hydrogens is 424 g/mol. The number of para-hydroxylation sites is 1. The average molecular weight is 441 g/mol. The van der Waals surface area contributed by atoms with Gasteiger partial charge in [0, 0.05) is 10.6 Å². The van der Waals surface area contributed by atoms with E-state index < -0.39 is 23.7 Å². The SMILES string of the molecule is COC(=O)C1C2c3ccccc3O[C@]1(C)N=c1sc(=Cc3ccccc3Cl)c(=O)n12. The third-order valence-electron chi connectivity index (χ3n) is 5.53. The number of halogens is 1. The Labute approximate surface area is 180 Å². The Balaban J connectivity index is 1.81. The second-order valence-corrected chi connectivity index (χ2v) is 8.76. The lowest BCUT2D eigenvalue weighted by atomic mass is 9.81. The summed E-state index contributed by atoms with van der Waals surface area (Å²) in [4.78, 5) is 31.4. The number of benzene rings is 2. The summed E-state index contributed by atoms with van der Waals surface area (Å²) in [6, 6.07) is 14.1. The van der Waals surface area contributed by atoms with Gasteiger partial charge >= 0.3 is 5.97 Å². The van der Waals surface area contributed by atoms with Crippen LogP contribution < -0.4 is 19.6 Å². The molecule has 3 atom stereocenters. The molecule has 1 aromatic heterocycles. The van der Waals surface area contributed by atoms with Crippen LogP contribution in [0.2, 0.25) is 5.02 Å². The first kappa shape index (κ1) is 19.1. The summed E-state index contributed by atoms with van der Waals surface area (Å²) in [5, 5.41) is 0.553. The average Bonchev–Trinajstić information content (AvgIpc) is 3.02. The van der Waals surface area contributed by atoms with Crippen LogP contribution in [0, 0.1) is 5.92 Å². The molecule has 6 nitrogen and oxygen atoms in total. The lowest BCUT2D eigenvalue weighted by Gasteiger charge is -2.44. The monoisotopic (exact) mass is 440 g/mol. The third-order valence-corrected chi connectivity index (χ3v) is 6.85. The smallest absolute Gasteiger partial charge is 0.317 e. The molecule has 2 bridgehead atoms. The van der Waals surface area contributed by atoms with Gasteiger partial charge in [0.15, 0.2) is 4.80 Å². The van der Waals surface area contributed by atoms with Crippen LogP contribution in [0.25, 0.3) is 6.08 Å². The molecule has 2 aliphatic rings. The standard InChI is InChI=1S/C22H17ClN2O4S/c1-22-17(20(27)28-2)18(13-8-4-6-10-15(13)29-22)25-19(26)16(30-21(25)24-22)11-12-7-3-5-9-14(12)23/h3-11,17-18H,1-2H3/t17?,18?,22-/m0/s1. The van der Waals surface area contributed by atoms with E-state index >= 15 is 0 Å². The van der Waals surface area contributed by atoms with Gasteiger partial charge in [-0.15, -0.1) is 0 Å². The van der Waals surface area contributed by atoms with Crippen molar-refractivity contribution in [3.63, 3.8) is 0 Å². The third kappa shape index (κ3) is 2.73. The largest absolute Gasteiger partial charge is 0.469 e. The van der Waals surface area contributed by atoms with E-state index in [1.807, 2.05) is 42.5 Å². The van der Waals surface area contributed by atoms with Crippen molar-refractivity contribution in [2.24, 2.45) is 10.9 Å². The number of aromatic nitrogens is 1. The minimum absolute atomic E-state index is 0.226. The number of carbonyl (C=O) groups excluding carboxylic acids is 1. The van der Waals surface area contributed by atoms with Gasteiger partial charge in [-0.05, 0) is 30.7 Å². The maximum absolute atomic E-state index is 13.4. The van der Waals surface area contributed by atoms with Crippen molar-refractivity contribution < 1.29 is 14.3 Å². The molecule has 0 aliphatic carbocycles. The van der Waals surface area contributed by atoms with E-state index in [-0.39, 0.29) is 5.56 Å². The van der Waals surface area contributed by atoms with E-state index in [0.717, 1.165) is 11.1 Å². The molecule has 3 heterocycles. The van der Waals surface area contributed by atoms with Crippen molar-refractivity contribution in [1.29, 1.82) is 0 Å². The molecule has 3 aromatic rings. The highest BCUT2D eigenvalue weighted by atomic mass is 35.5. The van der Waals surface area contributed by atoms with Gasteiger partial charge in [-0.1, -0.05) is 59.3 Å². The van der Waals surface area contributed by atoms with Gasteiger partial charge in [0.1, 0.15) is 11.7 Å². The second kappa shape index (κ2) is 6.82. The molecule has 0 saturated heterocycles. The first-order valence-electron chi connectivity index (χ1n) is 9.36. The van der Waals surface area contributed by atoms with Gasteiger partial charge in [0.25, 0.3) is 5.56 Å². The minimum Gasteiger partial charge on any atom is -0.469 e. The Morgan fingerprint density at radius 3 is 2.77 bits per heavy atom. The topological polar surface area (TPSA) is 69.9 Å². The molecule has 2 unspecified atom stereocenters. The highest BCUT2D eigenvalue weighted by molar-refractivity contribution is 7.07. The molecule has 0 radical (unpaired) electrons. The Morgan fingerprint density at radius 2 is 2.00 bits per heavy atom.